The molecular formula is C14H16FN3O4. The number of nitrogens with zero attached hydrogens (tertiary/aromatic N) is 3. The van der Waals surface area contributed by atoms with Gasteiger partial charge in [-0.1, -0.05) is 0 Å². The lowest BCUT2D eigenvalue weighted by Crippen LogP contribution is -2.38. The number of imidazole rings is 1. The summed E-state index contributed by atoms with van der Waals surface area (Å²) in [5.74, 6) is -1.44. The molecule has 22 heavy (non-hydrogen) atoms. The van der Waals surface area contributed by atoms with Crippen LogP contribution in [0.1, 0.15) is 10.5 Å². The third-order valence-corrected chi connectivity index (χ3v) is 3.47. The number of ether oxygens (including phenoxy) is 2. The summed E-state index contributed by atoms with van der Waals surface area (Å²) in [5.41, 5.74) is 0.143. The van der Waals surface area contributed by atoms with Crippen molar-refractivity contribution in [1.29, 1.82) is 0 Å². The minimum absolute atomic E-state index is 0.149. The molecule has 2 aromatic heterocycles. The average molecular weight is 309 g/mol. The molecular weight excluding hydrogens is 293 g/mol. The first-order chi connectivity index (χ1) is 10.6. The minimum atomic E-state index is -1.16. The number of halogens is 1. The molecule has 0 unspecified atom stereocenters. The molecule has 1 aliphatic rings. The number of hydrogen-bond acceptors (Lipinski definition) is 5. The van der Waals surface area contributed by atoms with Crippen molar-refractivity contribution in [2.75, 3.05) is 39.5 Å². The number of morpholine rings is 1. The van der Waals surface area contributed by atoms with E-state index in [1.54, 1.807) is 0 Å². The van der Waals surface area contributed by atoms with Crippen molar-refractivity contribution in [2.24, 2.45) is 0 Å². The lowest BCUT2D eigenvalue weighted by atomic mass is 10.4. The number of carboxylic acids is 1. The van der Waals surface area contributed by atoms with Gasteiger partial charge in [-0.15, -0.1) is 0 Å². The van der Waals surface area contributed by atoms with Gasteiger partial charge in [-0.05, 0) is 0 Å². The fourth-order valence-corrected chi connectivity index (χ4v) is 2.35. The Morgan fingerprint density at radius 1 is 1.41 bits per heavy atom. The molecule has 1 aliphatic heterocycles. The molecule has 7 nitrogen and oxygen atoms in total. The van der Waals surface area contributed by atoms with Crippen LogP contribution < -0.4 is 4.74 Å². The molecule has 0 aliphatic carbocycles. The molecule has 0 radical (unpaired) electrons. The maximum absolute atomic E-state index is 13.6. The van der Waals surface area contributed by atoms with Gasteiger partial charge >= 0.3 is 5.97 Å². The number of carboxylic acid groups (broad SMARTS) is 1. The Kier molecular flexibility index (Phi) is 4.21. The lowest BCUT2D eigenvalue weighted by molar-refractivity contribution is 0.0323. The molecule has 1 saturated heterocycles. The third kappa shape index (κ3) is 3.18. The van der Waals surface area contributed by atoms with E-state index in [9.17, 15) is 9.18 Å². The van der Waals surface area contributed by atoms with Crippen LogP contribution in [-0.2, 0) is 4.74 Å². The van der Waals surface area contributed by atoms with Gasteiger partial charge in [-0.2, -0.15) is 0 Å². The summed E-state index contributed by atoms with van der Waals surface area (Å²) in [4.78, 5) is 17.1. The Labute approximate surface area is 125 Å². The zero-order valence-corrected chi connectivity index (χ0v) is 11.9. The Hall–Kier alpha value is -2.19. The second-order valence-corrected chi connectivity index (χ2v) is 4.99. The number of aromatic carboxylic acids is 1. The molecule has 0 amide bonds. The second-order valence-electron chi connectivity index (χ2n) is 4.99. The Morgan fingerprint density at radius 2 is 2.18 bits per heavy atom. The SMILES string of the molecule is O=C(O)c1cn2cc(F)cc(OCCN3CCOCC3)c2n1. The first-order valence-corrected chi connectivity index (χ1v) is 6.98. The van der Waals surface area contributed by atoms with Gasteiger partial charge in [-0.3, -0.25) is 4.90 Å². The van der Waals surface area contributed by atoms with E-state index in [1.165, 1.54) is 22.9 Å². The fourth-order valence-electron chi connectivity index (χ4n) is 2.35. The molecule has 118 valence electrons. The van der Waals surface area contributed by atoms with Crippen molar-refractivity contribution in [1.82, 2.24) is 14.3 Å². The zero-order chi connectivity index (χ0) is 15.5. The Bertz CT molecular complexity index is 682. The van der Waals surface area contributed by atoms with Crippen molar-refractivity contribution in [3.63, 3.8) is 0 Å². The highest BCUT2D eigenvalue weighted by atomic mass is 19.1. The van der Waals surface area contributed by atoms with E-state index >= 15 is 0 Å². The standard InChI is InChI=1S/C14H16FN3O4/c15-10-7-12(22-6-3-17-1-4-21-5-2-17)13-16-11(14(19)20)9-18(13)8-10/h7-9H,1-6H2,(H,19,20). The molecule has 2 aromatic rings. The number of aromatic nitrogens is 2. The van der Waals surface area contributed by atoms with Gasteiger partial charge in [0, 0.05) is 38.1 Å². The molecule has 8 heteroatoms. The Morgan fingerprint density at radius 3 is 2.91 bits per heavy atom. The van der Waals surface area contributed by atoms with Crippen LogP contribution in [-0.4, -0.2) is 64.8 Å². The molecule has 3 heterocycles. The summed E-state index contributed by atoms with van der Waals surface area (Å²) in [6.07, 6.45) is 2.43. The lowest BCUT2D eigenvalue weighted by Gasteiger charge is -2.26. The molecule has 0 bridgehead atoms. The highest BCUT2D eigenvalue weighted by molar-refractivity contribution is 5.86. The average Bonchev–Trinajstić information content (AvgIpc) is 2.92. The van der Waals surface area contributed by atoms with Crippen LogP contribution in [0, 0.1) is 5.82 Å². The summed E-state index contributed by atoms with van der Waals surface area (Å²) in [6, 6.07) is 1.22. The summed E-state index contributed by atoms with van der Waals surface area (Å²) in [5, 5.41) is 8.96. The van der Waals surface area contributed by atoms with Crippen LogP contribution in [0.15, 0.2) is 18.5 Å². The number of fused-ring (bicyclic) bond motifs is 1. The highest BCUT2D eigenvalue weighted by Gasteiger charge is 2.15. The highest BCUT2D eigenvalue weighted by Crippen LogP contribution is 2.21. The maximum atomic E-state index is 13.6. The van der Waals surface area contributed by atoms with Crippen molar-refractivity contribution < 1.29 is 23.8 Å². The van der Waals surface area contributed by atoms with Crippen molar-refractivity contribution in [2.45, 2.75) is 0 Å². The molecule has 0 spiro atoms. The van der Waals surface area contributed by atoms with E-state index in [4.69, 9.17) is 14.6 Å². The van der Waals surface area contributed by atoms with E-state index in [0.717, 1.165) is 13.1 Å². The summed E-state index contributed by atoms with van der Waals surface area (Å²) < 4.78 is 25.8. The second kappa shape index (κ2) is 6.29. The molecule has 3 rings (SSSR count). The number of pyridine rings is 1. The van der Waals surface area contributed by atoms with Crippen LogP contribution in [0.2, 0.25) is 0 Å². The van der Waals surface area contributed by atoms with Gasteiger partial charge in [0.15, 0.2) is 17.1 Å². The number of hydrogen-bond donors (Lipinski definition) is 1. The molecule has 0 saturated carbocycles. The van der Waals surface area contributed by atoms with E-state index in [1.807, 2.05) is 0 Å². The number of carbonyl (C=O) groups is 1. The van der Waals surface area contributed by atoms with Crippen molar-refractivity contribution in [3.8, 4) is 5.75 Å². The molecule has 0 aromatic carbocycles. The van der Waals surface area contributed by atoms with Crippen molar-refractivity contribution in [3.05, 3.63) is 30.0 Å². The van der Waals surface area contributed by atoms with Crippen LogP contribution in [0.4, 0.5) is 4.39 Å². The fraction of sp³-hybridized carbons (Fsp3) is 0.429. The quantitative estimate of drug-likeness (QED) is 0.884. The molecule has 1 fully saturated rings. The number of rotatable bonds is 5. The summed E-state index contributed by atoms with van der Waals surface area (Å²) >= 11 is 0. The van der Waals surface area contributed by atoms with Gasteiger partial charge in [0.05, 0.1) is 13.2 Å². The minimum Gasteiger partial charge on any atom is -0.488 e. The van der Waals surface area contributed by atoms with E-state index in [2.05, 4.69) is 9.88 Å². The van der Waals surface area contributed by atoms with E-state index < -0.39 is 11.8 Å². The first kappa shape index (κ1) is 14.7. The van der Waals surface area contributed by atoms with Gasteiger partial charge in [-0.25, -0.2) is 14.2 Å². The monoisotopic (exact) mass is 309 g/mol. The predicted octanol–water partition coefficient (Wildman–Crippen LogP) is 0.883. The van der Waals surface area contributed by atoms with Gasteiger partial charge in [0.1, 0.15) is 12.4 Å². The zero-order valence-electron chi connectivity index (χ0n) is 11.9. The molecule has 0 atom stereocenters. The van der Waals surface area contributed by atoms with Crippen molar-refractivity contribution >= 4 is 11.6 Å². The predicted molar refractivity (Wildman–Crippen MR) is 74.9 cm³/mol. The Balaban J connectivity index is 1.73. The molecule has 1 N–H and O–H groups in total. The van der Waals surface area contributed by atoms with Crippen LogP contribution >= 0.6 is 0 Å². The van der Waals surface area contributed by atoms with Crippen LogP contribution in [0.25, 0.3) is 5.65 Å². The largest absolute Gasteiger partial charge is 0.488 e. The van der Waals surface area contributed by atoms with Gasteiger partial charge in [0.2, 0.25) is 0 Å². The normalized spacial score (nSPS) is 16.0. The third-order valence-electron chi connectivity index (χ3n) is 3.47. The van der Waals surface area contributed by atoms with E-state index in [-0.39, 0.29) is 11.4 Å². The smallest absolute Gasteiger partial charge is 0.356 e. The van der Waals surface area contributed by atoms with Crippen LogP contribution in [0.5, 0.6) is 5.75 Å². The summed E-state index contributed by atoms with van der Waals surface area (Å²) in [7, 11) is 0. The van der Waals surface area contributed by atoms with Gasteiger partial charge < -0.3 is 19.0 Å². The topological polar surface area (TPSA) is 76.3 Å². The maximum Gasteiger partial charge on any atom is 0.356 e. The first-order valence-electron chi connectivity index (χ1n) is 6.98. The van der Waals surface area contributed by atoms with Crippen LogP contribution in [0.3, 0.4) is 0 Å². The van der Waals surface area contributed by atoms with Gasteiger partial charge in [0.25, 0.3) is 0 Å². The van der Waals surface area contributed by atoms with E-state index in [0.29, 0.717) is 32.0 Å². The summed E-state index contributed by atoms with van der Waals surface area (Å²) in [6.45, 7) is 4.15.